The van der Waals surface area contributed by atoms with Crippen molar-refractivity contribution >= 4 is 22.7 Å². The molecule has 1 atom stereocenters. The third-order valence-electron chi connectivity index (χ3n) is 3.75. The van der Waals surface area contributed by atoms with Gasteiger partial charge in [-0.3, -0.25) is 0 Å². The van der Waals surface area contributed by atoms with Crippen LogP contribution in [-0.4, -0.2) is 0 Å². The smallest absolute Gasteiger partial charge is 0.398 e. The summed E-state index contributed by atoms with van der Waals surface area (Å²) in [6.07, 6.45) is -1.40. The number of rotatable bonds is 2. The van der Waals surface area contributed by atoms with E-state index in [2.05, 4.69) is 11.4 Å². The maximum atomic E-state index is 12.9. The average molecular weight is 312 g/mol. The molecule has 1 aromatic heterocycles. The predicted octanol–water partition coefficient (Wildman–Crippen LogP) is 4.84. The number of alkyl halides is 3. The van der Waals surface area contributed by atoms with Gasteiger partial charge in [-0.05, 0) is 54.5 Å². The third-order valence-corrected chi connectivity index (χ3v) is 4.75. The molecule has 3 N–H and O–H groups in total. The second kappa shape index (κ2) is 5.26. The highest BCUT2D eigenvalue weighted by atomic mass is 32.1. The number of aryl methyl sites for hydroxylation is 1. The SMILES string of the molecule is Nc1ccc(NC2CCCc3sccc32)cc1C(F)(F)F. The number of hydrogen-bond acceptors (Lipinski definition) is 3. The van der Waals surface area contributed by atoms with E-state index in [1.165, 1.54) is 16.5 Å². The van der Waals surface area contributed by atoms with Gasteiger partial charge in [-0.15, -0.1) is 11.3 Å². The van der Waals surface area contributed by atoms with E-state index in [-0.39, 0.29) is 11.7 Å². The van der Waals surface area contributed by atoms with Crippen molar-refractivity contribution in [3.8, 4) is 0 Å². The van der Waals surface area contributed by atoms with E-state index in [9.17, 15) is 13.2 Å². The van der Waals surface area contributed by atoms with E-state index in [0.29, 0.717) is 5.69 Å². The molecule has 1 unspecified atom stereocenters. The number of benzene rings is 1. The van der Waals surface area contributed by atoms with E-state index in [0.717, 1.165) is 25.3 Å². The standard InChI is InChI=1S/C15H15F3N2S/c16-15(17,18)11-8-9(4-5-12(11)19)20-13-2-1-3-14-10(13)6-7-21-14/h4-8,13,20H,1-3,19H2. The van der Waals surface area contributed by atoms with E-state index < -0.39 is 11.7 Å². The number of fused-ring (bicyclic) bond motifs is 1. The molecule has 21 heavy (non-hydrogen) atoms. The molecule has 0 saturated heterocycles. The van der Waals surface area contributed by atoms with Crippen LogP contribution in [0.25, 0.3) is 0 Å². The highest BCUT2D eigenvalue weighted by molar-refractivity contribution is 7.10. The second-order valence-corrected chi connectivity index (χ2v) is 6.19. The molecule has 112 valence electrons. The topological polar surface area (TPSA) is 38.0 Å². The van der Waals surface area contributed by atoms with Gasteiger partial charge in [0.05, 0.1) is 11.6 Å². The third kappa shape index (κ3) is 2.85. The fraction of sp³-hybridized carbons (Fsp3) is 0.333. The van der Waals surface area contributed by atoms with Crippen LogP contribution in [-0.2, 0) is 12.6 Å². The lowest BCUT2D eigenvalue weighted by Crippen LogP contribution is -2.16. The van der Waals surface area contributed by atoms with Gasteiger partial charge < -0.3 is 11.1 Å². The van der Waals surface area contributed by atoms with Gasteiger partial charge in [-0.2, -0.15) is 13.2 Å². The first-order chi connectivity index (χ1) is 9.95. The lowest BCUT2D eigenvalue weighted by atomic mass is 9.93. The minimum atomic E-state index is -4.43. The zero-order valence-electron chi connectivity index (χ0n) is 11.2. The van der Waals surface area contributed by atoms with Crippen LogP contribution in [0, 0.1) is 0 Å². The van der Waals surface area contributed by atoms with E-state index in [1.807, 2.05) is 5.38 Å². The van der Waals surface area contributed by atoms with E-state index in [1.54, 1.807) is 17.4 Å². The molecule has 1 aliphatic rings. The van der Waals surface area contributed by atoms with Crippen molar-refractivity contribution in [2.75, 3.05) is 11.1 Å². The lowest BCUT2D eigenvalue weighted by molar-refractivity contribution is -0.136. The Kier molecular flexibility index (Phi) is 3.57. The predicted molar refractivity (Wildman–Crippen MR) is 79.5 cm³/mol. The molecule has 0 radical (unpaired) electrons. The molecular weight excluding hydrogens is 297 g/mol. The Labute approximate surface area is 124 Å². The first-order valence-corrected chi connectivity index (χ1v) is 7.62. The highest BCUT2D eigenvalue weighted by Gasteiger charge is 2.33. The first-order valence-electron chi connectivity index (χ1n) is 6.74. The molecule has 0 spiro atoms. The van der Waals surface area contributed by atoms with Crippen LogP contribution >= 0.6 is 11.3 Å². The van der Waals surface area contributed by atoms with Crippen molar-refractivity contribution in [3.05, 3.63) is 45.6 Å². The maximum absolute atomic E-state index is 12.9. The number of hydrogen-bond donors (Lipinski definition) is 2. The molecule has 0 fully saturated rings. The van der Waals surface area contributed by atoms with Crippen molar-refractivity contribution in [3.63, 3.8) is 0 Å². The molecule has 0 saturated carbocycles. The number of nitrogen functional groups attached to an aromatic ring is 1. The van der Waals surface area contributed by atoms with Gasteiger partial charge in [0, 0.05) is 16.3 Å². The van der Waals surface area contributed by atoms with Crippen LogP contribution in [0.2, 0.25) is 0 Å². The molecule has 6 heteroatoms. The van der Waals surface area contributed by atoms with Gasteiger partial charge in [0.15, 0.2) is 0 Å². The van der Waals surface area contributed by atoms with Crippen LogP contribution in [0.15, 0.2) is 29.6 Å². The van der Waals surface area contributed by atoms with Crippen LogP contribution < -0.4 is 11.1 Å². The molecule has 0 aliphatic heterocycles. The number of thiophene rings is 1. The van der Waals surface area contributed by atoms with Crippen molar-refractivity contribution in [1.29, 1.82) is 0 Å². The van der Waals surface area contributed by atoms with Gasteiger partial charge in [0.2, 0.25) is 0 Å². The summed E-state index contributed by atoms with van der Waals surface area (Å²) >= 11 is 1.71. The summed E-state index contributed by atoms with van der Waals surface area (Å²) < 4.78 is 38.7. The largest absolute Gasteiger partial charge is 0.418 e. The Morgan fingerprint density at radius 2 is 2.05 bits per heavy atom. The molecule has 3 rings (SSSR count). The summed E-state index contributed by atoms with van der Waals surface area (Å²) in [6, 6.07) is 6.13. The highest BCUT2D eigenvalue weighted by Crippen LogP contribution is 2.38. The molecule has 1 heterocycles. The summed E-state index contributed by atoms with van der Waals surface area (Å²) in [5.74, 6) is 0. The molecule has 1 aromatic carbocycles. The Morgan fingerprint density at radius 3 is 2.81 bits per heavy atom. The molecule has 2 aromatic rings. The van der Waals surface area contributed by atoms with E-state index in [4.69, 9.17) is 5.73 Å². The summed E-state index contributed by atoms with van der Waals surface area (Å²) in [4.78, 5) is 1.32. The van der Waals surface area contributed by atoms with Gasteiger partial charge in [0.25, 0.3) is 0 Å². The Hall–Kier alpha value is -1.69. The van der Waals surface area contributed by atoms with E-state index >= 15 is 0 Å². The molecule has 0 bridgehead atoms. The minimum Gasteiger partial charge on any atom is -0.398 e. The monoisotopic (exact) mass is 312 g/mol. The van der Waals surface area contributed by atoms with Crippen molar-refractivity contribution in [2.45, 2.75) is 31.5 Å². The van der Waals surface area contributed by atoms with Crippen molar-refractivity contribution < 1.29 is 13.2 Å². The van der Waals surface area contributed by atoms with Gasteiger partial charge >= 0.3 is 6.18 Å². The number of halogens is 3. The Bertz CT molecular complexity index is 649. The van der Waals surface area contributed by atoms with Crippen molar-refractivity contribution in [2.24, 2.45) is 0 Å². The van der Waals surface area contributed by atoms with Gasteiger partial charge in [0.1, 0.15) is 0 Å². The zero-order chi connectivity index (χ0) is 15.0. The fourth-order valence-electron chi connectivity index (χ4n) is 2.73. The average Bonchev–Trinajstić information content (AvgIpc) is 2.89. The Balaban J connectivity index is 1.87. The summed E-state index contributed by atoms with van der Waals surface area (Å²) in [6.45, 7) is 0. The normalized spacial score (nSPS) is 18.3. The Morgan fingerprint density at radius 1 is 1.24 bits per heavy atom. The van der Waals surface area contributed by atoms with Crippen LogP contribution in [0.3, 0.4) is 0 Å². The minimum absolute atomic E-state index is 0.0738. The second-order valence-electron chi connectivity index (χ2n) is 5.19. The van der Waals surface area contributed by atoms with Crippen LogP contribution in [0.5, 0.6) is 0 Å². The maximum Gasteiger partial charge on any atom is 0.418 e. The first kappa shape index (κ1) is 14.3. The zero-order valence-corrected chi connectivity index (χ0v) is 12.0. The van der Waals surface area contributed by atoms with Gasteiger partial charge in [-0.1, -0.05) is 0 Å². The molecular formula is C15H15F3N2S. The fourth-order valence-corrected chi connectivity index (χ4v) is 3.72. The summed E-state index contributed by atoms with van der Waals surface area (Å²) in [7, 11) is 0. The molecule has 0 amide bonds. The quantitative estimate of drug-likeness (QED) is 0.779. The van der Waals surface area contributed by atoms with Crippen LogP contribution in [0.1, 0.15) is 34.9 Å². The molecule has 2 nitrogen and oxygen atoms in total. The van der Waals surface area contributed by atoms with Gasteiger partial charge in [-0.25, -0.2) is 0 Å². The number of nitrogens with one attached hydrogen (secondary N) is 1. The summed E-state index contributed by atoms with van der Waals surface area (Å²) in [5, 5.41) is 5.25. The van der Waals surface area contributed by atoms with Crippen molar-refractivity contribution in [1.82, 2.24) is 0 Å². The van der Waals surface area contributed by atoms with Crippen LogP contribution in [0.4, 0.5) is 24.5 Å². The molecule has 1 aliphatic carbocycles. The summed E-state index contributed by atoms with van der Waals surface area (Å²) in [5.41, 5.74) is 6.06. The number of anilines is 2. The lowest BCUT2D eigenvalue weighted by Gasteiger charge is -2.25. The number of nitrogens with two attached hydrogens (primary N) is 1.